The molecule has 4 aromatic rings. The van der Waals surface area contributed by atoms with Gasteiger partial charge in [-0.05, 0) is 49.4 Å². The molecule has 0 saturated carbocycles. The Labute approximate surface area is 214 Å². The zero-order valence-corrected chi connectivity index (χ0v) is 21.6. The molecule has 1 saturated heterocycles. The van der Waals surface area contributed by atoms with E-state index in [1.54, 1.807) is 7.05 Å². The Bertz CT molecular complexity index is 1580. The van der Waals surface area contributed by atoms with E-state index >= 15 is 0 Å². The normalized spacial score (nSPS) is 15.6. The first-order valence-corrected chi connectivity index (χ1v) is 12.6. The minimum absolute atomic E-state index is 0.324. The predicted molar refractivity (Wildman–Crippen MR) is 146 cm³/mol. The maximum Gasteiger partial charge on any atom is 0.332 e. The summed E-state index contributed by atoms with van der Waals surface area (Å²) in [6.07, 6.45) is 5.07. The lowest BCUT2D eigenvalue weighted by Gasteiger charge is -2.22. The molecule has 36 heavy (non-hydrogen) atoms. The van der Waals surface area contributed by atoms with Crippen molar-refractivity contribution in [1.82, 2.24) is 18.7 Å². The number of benzene rings is 2. The number of aromatic nitrogens is 4. The number of hydrogen-bond acceptors (Lipinski definition) is 4. The quantitative estimate of drug-likeness (QED) is 0.411. The number of hydrogen-bond donors (Lipinski definition) is 0. The topological polar surface area (TPSA) is 65.1 Å². The number of rotatable bonds is 4. The summed E-state index contributed by atoms with van der Waals surface area (Å²) in [5.41, 5.74) is 4.91. The van der Waals surface area contributed by atoms with Crippen LogP contribution in [0.2, 0.25) is 5.02 Å². The van der Waals surface area contributed by atoms with Crippen LogP contribution < -0.4 is 16.1 Å². The van der Waals surface area contributed by atoms with Gasteiger partial charge in [-0.2, -0.15) is 4.98 Å². The molecule has 3 heterocycles. The lowest BCUT2D eigenvalue weighted by molar-refractivity contribution is 0.698. The van der Waals surface area contributed by atoms with Gasteiger partial charge in [0.1, 0.15) is 0 Å². The molecule has 0 radical (unpaired) electrons. The summed E-state index contributed by atoms with van der Waals surface area (Å²) < 4.78 is 4.61. The maximum atomic E-state index is 13.3. The van der Waals surface area contributed by atoms with Gasteiger partial charge in [0.15, 0.2) is 11.2 Å². The van der Waals surface area contributed by atoms with Gasteiger partial charge in [-0.3, -0.25) is 18.5 Å². The molecule has 7 nitrogen and oxygen atoms in total. The largest absolute Gasteiger partial charge is 0.342 e. The van der Waals surface area contributed by atoms with Crippen LogP contribution >= 0.6 is 11.6 Å². The van der Waals surface area contributed by atoms with Gasteiger partial charge in [-0.15, -0.1) is 0 Å². The van der Waals surface area contributed by atoms with Crippen molar-refractivity contribution in [1.29, 1.82) is 0 Å². The van der Waals surface area contributed by atoms with E-state index in [0.29, 0.717) is 17.7 Å². The van der Waals surface area contributed by atoms with Crippen molar-refractivity contribution in [3.05, 3.63) is 96.7 Å². The average Bonchev–Trinajstić information content (AvgIpc) is 3.07. The van der Waals surface area contributed by atoms with E-state index in [4.69, 9.17) is 16.6 Å². The van der Waals surface area contributed by atoms with Crippen LogP contribution in [0, 0.1) is 6.92 Å². The number of halogens is 1. The number of nitrogens with zero attached hydrogens (tertiary/aromatic N) is 5. The van der Waals surface area contributed by atoms with E-state index < -0.39 is 0 Å². The summed E-state index contributed by atoms with van der Waals surface area (Å²) >= 11 is 6.18. The molecule has 2 aromatic heterocycles. The van der Waals surface area contributed by atoms with Gasteiger partial charge >= 0.3 is 5.69 Å². The molecule has 0 amide bonds. The van der Waals surface area contributed by atoms with Gasteiger partial charge in [0.2, 0.25) is 5.95 Å². The third-order valence-corrected chi connectivity index (χ3v) is 7.16. The minimum atomic E-state index is -0.373. The molecule has 2 aromatic carbocycles. The first-order valence-electron chi connectivity index (χ1n) is 12.2. The van der Waals surface area contributed by atoms with Crippen molar-refractivity contribution in [2.24, 2.45) is 14.1 Å². The second kappa shape index (κ2) is 9.82. The zero-order chi connectivity index (χ0) is 25.4. The molecule has 186 valence electrons. The van der Waals surface area contributed by atoms with Crippen molar-refractivity contribution >= 4 is 34.8 Å². The Kier molecular flexibility index (Phi) is 6.58. The Morgan fingerprint density at radius 2 is 1.78 bits per heavy atom. The van der Waals surface area contributed by atoms with Crippen molar-refractivity contribution in [3.63, 3.8) is 0 Å². The van der Waals surface area contributed by atoms with Gasteiger partial charge in [-0.25, -0.2) is 4.79 Å². The van der Waals surface area contributed by atoms with Crippen molar-refractivity contribution in [3.8, 4) is 0 Å². The highest BCUT2D eigenvalue weighted by atomic mass is 35.5. The fraction of sp³-hybridized carbons (Fsp3) is 0.321. The Hall–Kier alpha value is -3.58. The molecule has 5 rings (SSSR count). The monoisotopic (exact) mass is 503 g/mol. The van der Waals surface area contributed by atoms with Gasteiger partial charge < -0.3 is 4.90 Å². The van der Waals surface area contributed by atoms with E-state index in [9.17, 15) is 9.59 Å². The third-order valence-electron chi connectivity index (χ3n) is 6.92. The van der Waals surface area contributed by atoms with Crippen LogP contribution in [-0.2, 0) is 20.6 Å². The van der Waals surface area contributed by atoms with Crippen LogP contribution in [0.25, 0.3) is 17.2 Å². The van der Waals surface area contributed by atoms with Crippen molar-refractivity contribution < 1.29 is 0 Å². The van der Waals surface area contributed by atoms with Crippen LogP contribution in [0.3, 0.4) is 0 Å². The Morgan fingerprint density at radius 1 is 1.00 bits per heavy atom. The van der Waals surface area contributed by atoms with E-state index in [-0.39, 0.29) is 11.2 Å². The number of aryl methyl sites for hydroxylation is 2. The smallest absolute Gasteiger partial charge is 0.332 e. The van der Waals surface area contributed by atoms with Crippen LogP contribution in [0.15, 0.2) is 63.7 Å². The van der Waals surface area contributed by atoms with Crippen molar-refractivity contribution in [2.75, 3.05) is 18.0 Å². The van der Waals surface area contributed by atoms with Crippen LogP contribution in [0.5, 0.6) is 0 Å². The molecule has 0 atom stereocenters. The molecule has 1 aliphatic rings. The second-order valence-electron chi connectivity index (χ2n) is 9.56. The van der Waals surface area contributed by atoms with Crippen LogP contribution in [-0.4, -0.2) is 31.8 Å². The van der Waals surface area contributed by atoms with E-state index in [1.807, 2.05) is 22.8 Å². The molecule has 1 fully saturated rings. The Balaban J connectivity index is 1.56. The first kappa shape index (κ1) is 24.1. The molecule has 0 spiro atoms. The molecule has 0 N–H and O–H groups in total. The molecule has 0 bridgehead atoms. The average molecular weight is 504 g/mol. The minimum Gasteiger partial charge on any atom is -0.342 e. The summed E-state index contributed by atoms with van der Waals surface area (Å²) in [7, 11) is 3.19. The first-order chi connectivity index (χ1) is 17.3. The lowest BCUT2D eigenvalue weighted by atomic mass is 10.0. The zero-order valence-electron chi connectivity index (χ0n) is 20.9. The van der Waals surface area contributed by atoms with E-state index in [0.717, 1.165) is 59.0 Å². The number of fused-ring (bicyclic) bond motifs is 1. The molecule has 0 unspecified atom stereocenters. The summed E-state index contributed by atoms with van der Waals surface area (Å²) in [6, 6.07) is 16.2. The summed E-state index contributed by atoms with van der Waals surface area (Å²) in [4.78, 5) is 33.0. The highest BCUT2D eigenvalue weighted by Gasteiger charge is 2.24. The third kappa shape index (κ3) is 4.63. The highest BCUT2D eigenvalue weighted by molar-refractivity contribution is 6.30. The van der Waals surface area contributed by atoms with E-state index in [1.165, 1.54) is 22.8 Å². The lowest BCUT2D eigenvalue weighted by Crippen LogP contribution is -2.37. The molecular weight excluding hydrogens is 474 g/mol. The predicted octanol–water partition coefficient (Wildman–Crippen LogP) is 4.52. The Morgan fingerprint density at radius 3 is 2.53 bits per heavy atom. The number of imidazole rings is 1. The highest BCUT2D eigenvalue weighted by Crippen LogP contribution is 2.27. The fourth-order valence-corrected chi connectivity index (χ4v) is 5.09. The van der Waals surface area contributed by atoms with Crippen LogP contribution in [0.4, 0.5) is 5.95 Å². The van der Waals surface area contributed by atoms with Crippen molar-refractivity contribution in [2.45, 2.75) is 32.7 Å². The van der Waals surface area contributed by atoms with E-state index in [2.05, 4.69) is 48.2 Å². The molecule has 0 aliphatic carbocycles. The standard InChI is InChI=1S/C28H30ClN5O2/c1-19-9-11-21(12-10-19)18-34-24-25(31(2)28(36)32(3)26(24)35)30-27(34)33-14-5-7-20(13-15-33)16-22-6-4-8-23(29)17-22/h4,6,8-12,16-17H,5,7,13-15,18H2,1-3H3/b20-16-. The fourth-order valence-electron chi connectivity index (χ4n) is 4.89. The molecule has 1 aliphatic heterocycles. The van der Waals surface area contributed by atoms with Crippen LogP contribution in [0.1, 0.15) is 36.0 Å². The molecule has 8 heteroatoms. The van der Waals surface area contributed by atoms with Gasteiger partial charge in [0, 0.05) is 32.2 Å². The summed E-state index contributed by atoms with van der Waals surface area (Å²) in [5, 5.41) is 0.733. The van der Waals surface area contributed by atoms with Gasteiger partial charge in [0.25, 0.3) is 5.56 Å². The molecular formula is C28H30ClN5O2. The van der Waals surface area contributed by atoms with Gasteiger partial charge in [0.05, 0.1) is 6.54 Å². The SMILES string of the molecule is Cc1ccc(Cn2c(N3CCC/C(=C/c4cccc(Cl)c4)CC3)nc3c2c(=O)n(C)c(=O)n3C)cc1. The maximum absolute atomic E-state index is 13.3. The number of anilines is 1. The summed E-state index contributed by atoms with van der Waals surface area (Å²) in [6.45, 7) is 4.15. The summed E-state index contributed by atoms with van der Waals surface area (Å²) in [5.74, 6) is 0.730. The second-order valence-corrected chi connectivity index (χ2v) is 10.00. The van der Waals surface area contributed by atoms with Gasteiger partial charge in [-0.1, -0.05) is 65.2 Å².